The SMILES string of the molecule is CN(C)C(Cc1ccccc1)c1nc(O)c(C(=O)c2c[nH]c3ccccc23)o1. The van der Waals surface area contributed by atoms with Gasteiger partial charge >= 0.3 is 0 Å². The van der Waals surface area contributed by atoms with Gasteiger partial charge in [0.1, 0.15) is 0 Å². The minimum atomic E-state index is -0.397. The summed E-state index contributed by atoms with van der Waals surface area (Å²) in [5.74, 6) is -0.606. The molecular formula is C22H21N3O3. The molecule has 0 saturated carbocycles. The number of aromatic nitrogens is 2. The molecule has 0 radical (unpaired) electrons. The first-order valence-electron chi connectivity index (χ1n) is 9.05. The van der Waals surface area contributed by atoms with Gasteiger partial charge in [0.25, 0.3) is 5.88 Å². The minimum absolute atomic E-state index is 0.139. The Labute approximate surface area is 162 Å². The zero-order valence-corrected chi connectivity index (χ0v) is 15.7. The Balaban J connectivity index is 1.68. The van der Waals surface area contributed by atoms with Crippen LogP contribution in [0.1, 0.15) is 33.6 Å². The predicted octanol–water partition coefficient (Wildman–Crippen LogP) is 3.94. The summed E-state index contributed by atoms with van der Waals surface area (Å²) >= 11 is 0. The van der Waals surface area contributed by atoms with Gasteiger partial charge in [0.15, 0.2) is 0 Å². The van der Waals surface area contributed by atoms with E-state index in [-0.39, 0.29) is 17.7 Å². The Morgan fingerprint density at radius 2 is 1.86 bits per heavy atom. The normalized spacial score (nSPS) is 12.5. The van der Waals surface area contributed by atoms with Crippen LogP contribution < -0.4 is 0 Å². The number of aromatic hydroxyl groups is 1. The smallest absolute Gasteiger partial charge is 0.262 e. The third kappa shape index (κ3) is 3.30. The van der Waals surface area contributed by atoms with E-state index in [1.165, 1.54) is 0 Å². The number of carbonyl (C=O) groups excluding carboxylic acids is 1. The van der Waals surface area contributed by atoms with Crippen LogP contribution in [0.25, 0.3) is 10.9 Å². The monoisotopic (exact) mass is 375 g/mol. The van der Waals surface area contributed by atoms with Crippen LogP contribution in [0.2, 0.25) is 0 Å². The van der Waals surface area contributed by atoms with E-state index in [4.69, 9.17) is 4.42 Å². The maximum atomic E-state index is 13.0. The minimum Gasteiger partial charge on any atom is -0.490 e. The van der Waals surface area contributed by atoms with Crippen molar-refractivity contribution in [2.24, 2.45) is 0 Å². The molecule has 2 N–H and O–H groups in total. The molecule has 0 amide bonds. The number of hydrogen-bond acceptors (Lipinski definition) is 5. The van der Waals surface area contributed by atoms with E-state index in [9.17, 15) is 9.90 Å². The maximum Gasteiger partial charge on any atom is 0.262 e. The van der Waals surface area contributed by atoms with Crippen LogP contribution in [-0.2, 0) is 6.42 Å². The molecule has 0 aliphatic carbocycles. The molecule has 6 nitrogen and oxygen atoms in total. The number of aromatic amines is 1. The lowest BCUT2D eigenvalue weighted by Gasteiger charge is -2.21. The van der Waals surface area contributed by atoms with Crippen molar-refractivity contribution in [1.82, 2.24) is 14.9 Å². The Bertz CT molecular complexity index is 1110. The van der Waals surface area contributed by atoms with Gasteiger partial charge in [-0.05, 0) is 32.1 Å². The number of likely N-dealkylation sites (N-methyl/N-ethyl adjacent to an activating group) is 1. The molecule has 0 fully saturated rings. The summed E-state index contributed by atoms with van der Waals surface area (Å²) in [7, 11) is 3.83. The highest BCUT2D eigenvalue weighted by Crippen LogP contribution is 2.30. The van der Waals surface area contributed by atoms with Gasteiger partial charge < -0.3 is 14.5 Å². The molecule has 4 rings (SSSR count). The van der Waals surface area contributed by atoms with Crippen LogP contribution in [0.3, 0.4) is 0 Å². The number of H-pyrrole nitrogens is 1. The Morgan fingerprint density at radius 1 is 1.14 bits per heavy atom. The molecule has 2 heterocycles. The topological polar surface area (TPSA) is 82.4 Å². The second-order valence-electron chi connectivity index (χ2n) is 6.95. The quantitative estimate of drug-likeness (QED) is 0.499. The molecule has 1 unspecified atom stereocenters. The van der Waals surface area contributed by atoms with Gasteiger partial charge in [-0.1, -0.05) is 48.5 Å². The summed E-state index contributed by atoms with van der Waals surface area (Å²) < 4.78 is 5.78. The predicted molar refractivity (Wildman–Crippen MR) is 106 cm³/mol. The van der Waals surface area contributed by atoms with Crippen molar-refractivity contribution < 1.29 is 14.3 Å². The highest BCUT2D eigenvalue weighted by atomic mass is 16.4. The summed E-state index contributed by atoms with van der Waals surface area (Å²) in [5, 5.41) is 11.1. The van der Waals surface area contributed by atoms with Crippen molar-refractivity contribution in [3.05, 3.63) is 83.6 Å². The molecule has 0 aliphatic heterocycles. The lowest BCUT2D eigenvalue weighted by Crippen LogP contribution is -2.22. The molecule has 0 bridgehead atoms. The van der Waals surface area contributed by atoms with Crippen molar-refractivity contribution in [3.8, 4) is 5.88 Å². The van der Waals surface area contributed by atoms with E-state index in [2.05, 4.69) is 9.97 Å². The van der Waals surface area contributed by atoms with Gasteiger partial charge in [-0.3, -0.25) is 9.69 Å². The van der Waals surface area contributed by atoms with Crippen LogP contribution >= 0.6 is 0 Å². The average Bonchev–Trinajstić information content (AvgIpc) is 3.30. The lowest BCUT2D eigenvalue weighted by atomic mass is 10.1. The van der Waals surface area contributed by atoms with Gasteiger partial charge in [0.2, 0.25) is 17.4 Å². The first-order chi connectivity index (χ1) is 13.5. The van der Waals surface area contributed by atoms with Gasteiger partial charge in [-0.15, -0.1) is 0 Å². The highest BCUT2D eigenvalue weighted by molar-refractivity contribution is 6.15. The zero-order valence-electron chi connectivity index (χ0n) is 15.7. The van der Waals surface area contributed by atoms with Gasteiger partial charge in [0.05, 0.1) is 11.6 Å². The van der Waals surface area contributed by atoms with Crippen LogP contribution in [-0.4, -0.2) is 39.9 Å². The van der Waals surface area contributed by atoms with Crippen molar-refractivity contribution in [3.63, 3.8) is 0 Å². The van der Waals surface area contributed by atoms with Crippen LogP contribution in [0.15, 0.2) is 65.2 Å². The fourth-order valence-corrected chi connectivity index (χ4v) is 3.33. The maximum absolute atomic E-state index is 13.0. The molecule has 2 aromatic heterocycles. The number of benzene rings is 2. The molecule has 142 valence electrons. The average molecular weight is 375 g/mol. The molecule has 2 aromatic carbocycles. The van der Waals surface area contributed by atoms with E-state index in [0.29, 0.717) is 17.9 Å². The van der Waals surface area contributed by atoms with Crippen molar-refractivity contribution in [2.45, 2.75) is 12.5 Å². The molecule has 1 atom stereocenters. The van der Waals surface area contributed by atoms with Crippen LogP contribution in [0.5, 0.6) is 5.88 Å². The summed E-state index contributed by atoms with van der Waals surface area (Å²) in [5.41, 5.74) is 2.40. The number of nitrogens with one attached hydrogen (secondary N) is 1. The van der Waals surface area contributed by atoms with Gasteiger partial charge in [-0.25, -0.2) is 0 Å². The van der Waals surface area contributed by atoms with E-state index in [1.807, 2.05) is 73.6 Å². The molecule has 0 aliphatic rings. The molecule has 0 saturated heterocycles. The Hall–Kier alpha value is -3.38. The van der Waals surface area contributed by atoms with Crippen molar-refractivity contribution in [2.75, 3.05) is 14.1 Å². The van der Waals surface area contributed by atoms with E-state index >= 15 is 0 Å². The largest absolute Gasteiger partial charge is 0.490 e. The summed E-state index contributed by atoms with van der Waals surface area (Å²) in [4.78, 5) is 22.2. The second-order valence-corrected chi connectivity index (χ2v) is 6.95. The summed E-state index contributed by atoms with van der Waals surface area (Å²) in [6.45, 7) is 0. The lowest BCUT2D eigenvalue weighted by molar-refractivity contribution is 0.100. The third-order valence-electron chi connectivity index (χ3n) is 4.85. The first kappa shape index (κ1) is 18.0. The molecule has 0 spiro atoms. The standard InChI is InChI=1S/C22H21N3O3/c1-25(2)18(12-14-8-4-3-5-9-14)22-24-21(27)20(28-22)19(26)16-13-23-17-11-7-6-10-15(16)17/h3-11,13,18,23,27H,12H2,1-2H3. The van der Waals surface area contributed by atoms with E-state index in [0.717, 1.165) is 16.5 Å². The van der Waals surface area contributed by atoms with Gasteiger partial charge in [0, 0.05) is 17.1 Å². The second kappa shape index (κ2) is 7.32. The summed E-state index contributed by atoms with van der Waals surface area (Å²) in [6.07, 6.45) is 2.27. The highest BCUT2D eigenvalue weighted by Gasteiger charge is 2.28. The zero-order chi connectivity index (χ0) is 19.7. The number of oxazole rings is 1. The number of rotatable bonds is 6. The van der Waals surface area contributed by atoms with Gasteiger partial charge in [-0.2, -0.15) is 4.98 Å². The molecule has 28 heavy (non-hydrogen) atoms. The number of carbonyl (C=O) groups is 1. The number of fused-ring (bicyclic) bond motifs is 1. The van der Waals surface area contributed by atoms with Crippen LogP contribution in [0.4, 0.5) is 0 Å². The van der Waals surface area contributed by atoms with E-state index in [1.54, 1.807) is 6.20 Å². The number of hydrogen-bond donors (Lipinski definition) is 2. The Morgan fingerprint density at radius 3 is 2.61 bits per heavy atom. The molecule has 4 aromatic rings. The summed E-state index contributed by atoms with van der Waals surface area (Å²) in [6, 6.07) is 17.2. The number of para-hydroxylation sites is 1. The first-order valence-corrected chi connectivity index (χ1v) is 9.05. The molecule has 6 heteroatoms. The van der Waals surface area contributed by atoms with Crippen molar-refractivity contribution in [1.29, 1.82) is 0 Å². The van der Waals surface area contributed by atoms with E-state index < -0.39 is 5.78 Å². The number of ketones is 1. The van der Waals surface area contributed by atoms with Crippen LogP contribution in [0, 0.1) is 0 Å². The third-order valence-corrected chi connectivity index (χ3v) is 4.85. The fourth-order valence-electron chi connectivity index (χ4n) is 3.33. The van der Waals surface area contributed by atoms with Crippen molar-refractivity contribution >= 4 is 16.7 Å². The fraction of sp³-hybridized carbons (Fsp3) is 0.182. The molecular weight excluding hydrogens is 354 g/mol. The Kier molecular flexibility index (Phi) is 4.71. The number of nitrogens with zero attached hydrogens (tertiary/aromatic N) is 2.